The normalized spacial score (nSPS) is 20.2. The van der Waals surface area contributed by atoms with Gasteiger partial charge in [-0.2, -0.15) is 0 Å². The van der Waals surface area contributed by atoms with Crippen LogP contribution in [0.5, 0.6) is 0 Å². The maximum absolute atomic E-state index is 14.7. The van der Waals surface area contributed by atoms with Crippen LogP contribution in [-0.2, 0) is 19.4 Å². The van der Waals surface area contributed by atoms with Gasteiger partial charge in [0.25, 0.3) is 0 Å². The maximum Gasteiger partial charge on any atom is 0.338 e. The predicted molar refractivity (Wildman–Crippen MR) is 133 cm³/mol. The SMILES string of the molecule is C=CC[C@@H](C)C(=O)[P@@]1(=O)OCCCN1C(c1ccccc1)(c1ccccc1)c1ccccc1. The summed E-state index contributed by atoms with van der Waals surface area (Å²) in [6, 6.07) is 30.0. The minimum absolute atomic E-state index is 0.300. The van der Waals surface area contributed by atoms with Gasteiger partial charge in [0.1, 0.15) is 5.54 Å². The van der Waals surface area contributed by atoms with Gasteiger partial charge in [-0.15, -0.1) is 6.58 Å². The zero-order valence-electron chi connectivity index (χ0n) is 19.0. The molecule has 0 aliphatic carbocycles. The van der Waals surface area contributed by atoms with E-state index in [1.54, 1.807) is 13.0 Å². The monoisotopic (exact) mass is 459 g/mol. The Hall–Kier alpha value is -2.78. The third kappa shape index (κ3) is 4.15. The molecule has 0 amide bonds. The number of benzene rings is 3. The van der Waals surface area contributed by atoms with Crippen LogP contribution >= 0.6 is 7.52 Å². The zero-order valence-corrected chi connectivity index (χ0v) is 19.9. The summed E-state index contributed by atoms with van der Waals surface area (Å²) < 4.78 is 22.5. The Morgan fingerprint density at radius 1 is 0.970 bits per heavy atom. The largest absolute Gasteiger partial charge is 0.338 e. The first-order chi connectivity index (χ1) is 16.0. The molecule has 5 heteroatoms. The first-order valence-corrected chi connectivity index (χ1v) is 13.0. The molecular formula is C28H30NO3P. The molecule has 0 N–H and O–H groups in total. The molecule has 4 rings (SSSR count). The molecule has 0 spiro atoms. The number of hydrogen-bond acceptors (Lipinski definition) is 3. The van der Waals surface area contributed by atoms with Gasteiger partial charge in [-0.1, -0.05) is 104 Å². The highest BCUT2D eigenvalue weighted by Gasteiger charge is 2.55. The molecule has 4 nitrogen and oxygen atoms in total. The van der Waals surface area contributed by atoms with Gasteiger partial charge < -0.3 is 4.52 Å². The van der Waals surface area contributed by atoms with E-state index < -0.39 is 19.0 Å². The average molecular weight is 460 g/mol. The van der Waals surface area contributed by atoms with E-state index >= 15 is 0 Å². The molecule has 1 saturated heterocycles. The highest BCUT2D eigenvalue weighted by atomic mass is 31.2. The Bertz CT molecular complexity index is 1030. The topological polar surface area (TPSA) is 46.6 Å². The summed E-state index contributed by atoms with van der Waals surface area (Å²) in [6.45, 7) is 6.34. The first-order valence-electron chi connectivity index (χ1n) is 11.4. The van der Waals surface area contributed by atoms with Crippen LogP contribution in [-0.4, -0.2) is 23.3 Å². The molecule has 0 bridgehead atoms. The van der Waals surface area contributed by atoms with Crippen LogP contribution < -0.4 is 0 Å². The maximum atomic E-state index is 14.7. The smallest absolute Gasteiger partial charge is 0.312 e. The van der Waals surface area contributed by atoms with Crippen molar-refractivity contribution in [3.05, 3.63) is 120 Å². The van der Waals surface area contributed by atoms with E-state index in [2.05, 4.69) is 6.58 Å². The van der Waals surface area contributed by atoms with E-state index in [0.29, 0.717) is 26.0 Å². The number of carbonyl (C=O) groups excluding carboxylic acids is 1. The second kappa shape index (κ2) is 10.0. The van der Waals surface area contributed by atoms with E-state index in [1.807, 2.05) is 95.7 Å². The van der Waals surface area contributed by atoms with Gasteiger partial charge in [0.15, 0.2) is 0 Å². The summed E-state index contributed by atoms with van der Waals surface area (Å²) in [5.74, 6) is -0.450. The van der Waals surface area contributed by atoms with Gasteiger partial charge in [-0.05, 0) is 29.5 Å². The van der Waals surface area contributed by atoms with Crippen LogP contribution in [0.25, 0.3) is 0 Å². The molecule has 33 heavy (non-hydrogen) atoms. The Labute approximate surface area is 196 Å². The van der Waals surface area contributed by atoms with E-state index in [9.17, 15) is 9.36 Å². The second-order valence-corrected chi connectivity index (χ2v) is 10.6. The molecule has 1 aliphatic heterocycles. The summed E-state index contributed by atoms with van der Waals surface area (Å²) >= 11 is 0. The molecule has 0 aromatic heterocycles. The Morgan fingerprint density at radius 3 is 1.85 bits per heavy atom. The highest BCUT2D eigenvalue weighted by Crippen LogP contribution is 2.63. The molecule has 3 aromatic carbocycles. The molecule has 1 aliphatic rings. The van der Waals surface area contributed by atoms with Crippen LogP contribution in [0.2, 0.25) is 0 Å². The summed E-state index contributed by atoms with van der Waals surface area (Å²) in [4.78, 5) is 13.7. The quantitative estimate of drug-likeness (QED) is 0.215. The molecule has 1 heterocycles. The minimum Gasteiger partial charge on any atom is -0.312 e. The van der Waals surface area contributed by atoms with Gasteiger partial charge in [0.2, 0.25) is 5.52 Å². The third-order valence-corrected chi connectivity index (χ3v) is 8.95. The van der Waals surface area contributed by atoms with Gasteiger partial charge in [-0.3, -0.25) is 9.36 Å². The summed E-state index contributed by atoms with van der Waals surface area (Å²) in [6.07, 6.45) is 2.83. The van der Waals surface area contributed by atoms with E-state index in [4.69, 9.17) is 4.52 Å². The highest BCUT2D eigenvalue weighted by molar-refractivity contribution is 7.74. The van der Waals surface area contributed by atoms with Crippen molar-refractivity contribution in [2.75, 3.05) is 13.2 Å². The van der Waals surface area contributed by atoms with Crippen molar-refractivity contribution in [1.29, 1.82) is 0 Å². The number of allylic oxidation sites excluding steroid dienone is 1. The van der Waals surface area contributed by atoms with Crippen LogP contribution in [0.15, 0.2) is 104 Å². The van der Waals surface area contributed by atoms with Crippen LogP contribution in [0.4, 0.5) is 0 Å². The predicted octanol–water partition coefficient (Wildman–Crippen LogP) is 6.63. The lowest BCUT2D eigenvalue weighted by Crippen LogP contribution is -2.50. The Balaban J connectivity index is 2.05. The summed E-state index contributed by atoms with van der Waals surface area (Å²) in [5.41, 5.74) is 1.52. The van der Waals surface area contributed by atoms with Gasteiger partial charge in [0.05, 0.1) is 6.61 Å². The number of rotatable bonds is 8. The molecule has 0 unspecified atom stereocenters. The molecular weight excluding hydrogens is 429 g/mol. The van der Waals surface area contributed by atoms with E-state index in [0.717, 1.165) is 16.7 Å². The second-order valence-electron chi connectivity index (χ2n) is 8.40. The summed E-state index contributed by atoms with van der Waals surface area (Å²) in [7, 11) is -3.87. The van der Waals surface area contributed by atoms with E-state index in [-0.39, 0.29) is 5.52 Å². The van der Waals surface area contributed by atoms with Gasteiger partial charge >= 0.3 is 7.52 Å². The summed E-state index contributed by atoms with van der Waals surface area (Å²) in [5, 5.41) is 0. The lowest BCUT2D eigenvalue weighted by molar-refractivity contribution is -0.116. The third-order valence-electron chi connectivity index (χ3n) is 6.28. The van der Waals surface area contributed by atoms with Crippen molar-refractivity contribution in [1.82, 2.24) is 4.67 Å². The number of carbonyl (C=O) groups is 1. The van der Waals surface area contributed by atoms with Crippen molar-refractivity contribution in [3.8, 4) is 0 Å². The van der Waals surface area contributed by atoms with Crippen molar-refractivity contribution in [2.45, 2.75) is 25.3 Å². The van der Waals surface area contributed by atoms with E-state index in [1.165, 1.54) is 0 Å². The number of nitrogens with zero attached hydrogens (tertiary/aromatic N) is 1. The average Bonchev–Trinajstić information content (AvgIpc) is 2.87. The van der Waals surface area contributed by atoms with Gasteiger partial charge in [-0.25, -0.2) is 4.67 Å². The van der Waals surface area contributed by atoms with Crippen LogP contribution in [0, 0.1) is 5.92 Å². The lowest BCUT2D eigenvalue weighted by atomic mass is 9.77. The van der Waals surface area contributed by atoms with Crippen molar-refractivity contribution in [2.24, 2.45) is 5.92 Å². The van der Waals surface area contributed by atoms with Crippen LogP contribution in [0.3, 0.4) is 0 Å². The van der Waals surface area contributed by atoms with Gasteiger partial charge in [0, 0.05) is 12.5 Å². The molecule has 1 fully saturated rings. The van der Waals surface area contributed by atoms with Crippen molar-refractivity contribution in [3.63, 3.8) is 0 Å². The molecule has 3 aromatic rings. The zero-order chi connectivity index (χ0) is 23.3. The lowest BCUT2D eigenvalue weighted by Gasteiger charge is -2.49. The fourth-order valence-corrected chi connectivity index (χ4v) is 7.46. The molecule has 2 atom stereocenters. The molecule has 170 valence electrons. The van der Waals surface area contributed by atoms with Crippen LogP contribution in [0.1, 0.15) is 36.5 Å². The fourth-order valence-electron chi connectivity index (χ4n) is 4.77. The number of hydrogen-bond donors (Lipinski definition) is 0. The first kappa shape index (κ1) is 23.4. The fraction of sp³-hybridized carbons (Fsp3) is 0.250. The Morgan fingerprint density at radius 2 is 1.42 bits per heavy atom. The minimum atomic E-state index is -3.87. The van der Waals surface area contributed by atoms with Crippen molar-refractivity contribution < 1.29 is 13.9 Å². The molecule has 0 saturated carbocycles. The molecule has 0 radical (unpaired) electrons. The van der Waals surface area contributed by atoms with Crippen molar-refractivity contribution >= 4 is 13.0 Å². The Kier molecular flexibility index (Phi) is 7.09. The standard InChI is InChI=1S/C28H30NO3P/c1-3-14-23(2)27(30)33(31)29(21-13-22-32-33)28(24-15-7-4-8-16-24,25-17-9-5-10-18-25)26-19-11-6-12-20-26/h3-12,15-20,23H,1,13-14,21-22H2,2H3/t23-,33-/m1/s1.